The summed E-state index contributed by atoms with van der Waals surface area (Å²) in [6.45, 7) is 1.99. The number of rotatable bonds is 0. The molecule has 6 unspecified atom stereocenters. The minimum Gasteiger partial charge on any atom is -0.389 e. The van der Waals surface area contributed by atoms with Gasteiger partial charge in [0.25, 0.3) is 0 Å². The van der Waals surface area contributed by atoms with E-state index in [-0.39, 0.29) is 35.7 Å². The van der Waals surface area contributed by atoms with Gasteiger partial charge in [0.15, 0.2) is 0 Å². The second kappa shape index (κ2) is 2.57. The maximum absolute atomic E-state index is 11.9. The van der Waals surface area contributed by atoms with Crippen LogP contribution in [0, 0.1) is 29.6 Å². The number of ketones is 1. The molecule has 0 heterocycles. The Hall–Kier alpha value is -0.890. The number of aliphatic hydroxyl groups excluding tert-OH is 1. The number of carbonyl (C=O) groups is 1. The number of carbonyl (C=O) groups excluding carboxylic acids is 1. The summed E-state index contributed by atoms with van der Waals surface area (Å²) in [4.78, 5) is 11.9. The lowest BCUT2D eigenvalue weighted by Crippen LogP contribution is -2.48. The lowest BCUT2D eigenvalue weighted by atomic mass is 9.58. The van der Waals surface area contributed by atoms with Crippen LogP contribution in [0.2, 0.25) is 0 Å². The molecule has 6 atom stereocenters. The molecule has 4 aliphatic carbocycles. The first-order chi connectivity index (χ1) is 6.70. The number of hydrogen-bond acceptors (Lipinski definition) is 2. The van der Waals surface area contributed by atoms with E-state index in [4.69, 9.17) is 0 Å². The summed E-state index contributed by atoms with van der Waals surface area (Å²) in [7, 11) is 0. The van der Waals surface area contributed by atoms with Gasteiger partial charge in [0.2, 0.25) is 0 Å². The fraction of sp³-hybridized carbons (Fsp3) is 0.583. The largest absolute Gasteiger partial charge is 0.389 e. The standard InChI is InChI=1S/C12H14O2/c1-6-7-2-3-9(12(6)14)8-4-5-10(13)11(7)8/h2-11,13H,1H3. The van der Waals surface area contributed by atoms with E-state index in [2.05, 4.69) is 6.08 Å². The first kappa shape index (κ1) is 8.42. The van der Waals surface area contributed by atoms with E-state index in [0.29, 0.717) is 5.78 Å². The second-order valence-electron chi connectivity index (χ2n) is 4.71. The summed E-state index contributed by atoms with van der Waals surface area (Å²) in [6, 6.07) is 0. The van der Waals surface area contributed by atoms with Gasteiger partial charge in [-0.2, -0.15) is 0 Å². The summed E-state index contributed by atoms with van der Waals surface area (Å²) in [6.07, 6.45) is 7.71. The molecular formula is C12H14O2. The summed E-state index contributed by atoms with van der Waals surface area (Å²) < 4.78 is 0. The van der Waals surface area contributed by atoms with Gasteiger partial charge in [0.1, 0.15) is 5.78 Å². The van der Waals surface area contributed by atoms with Gasteiger partial charge in [-0.3, -0.25) is 4.79 Å². The van der Waals surface area contributed by atoms with Crippen molar-refractivity contribution in [3.05, 3.63) is 24.3 Å². The highest BCUT2D eigenvalue weighted by molar-refractivity contribution is 5.88. The molecule has 2 heteroatoms. The molecule has 0 aromatic carbocycles. The molecule has 0 radical (unpaired) electrons. The lowest BCUT2D eigenvalue weighted by Gasteiger charge is -2.45. The molecule has 0 aromatic rings. The van der Waals surface area contributed by atoms with Crippen molar-refractivity contribution in [1.82, 2.24) is 0 Å². The van der Waals surface area contributed by atoms with Crippen molar-refractivity contribution in [3.63, 3.8) is 0 Å². The van der Waals surface area contributed by atoms with Gasteiger partial charge in [0, 0.05) is 17.8 Å². The van der Waals surface area contributed by atoms with E-state index in [1.165, 1.54) is 0 Å². The Morgan fingerprint density at radius 3 is 2.64 bits per heavy atom. The molecule has 4 rings (SSSR count). The normalized spacial score (nSPS) is 54.0. The molecule has 1 saturated carbocycles. The molecule has 1 fully saturated rings. The van der Waals surface area contributed by atoms with Gasteiger partial charge in [-0.1, -0.05) is 31.2 Å². The number of fused-ring (bicyclic) bond motifs is 1. The van der Waals surface area contributed by atoms with Crippen LogP contribution in [0.25, 0.3) is 0 Å². The lowest BCUT2D eigenvalue weighted by molar-refractivity contribution is -0.134. The quantitative estimate of drug-likeness (QED) is 0.582. The van der Waals surface area contributed by atoms with Crippen LogP contribution in [-0.2, 0) is 4.79 Å². The Morgan fingerprint density at radius 1 is 1.14 bits per heavy atom. The Bertz CT molecular complexity index is 342. The fourth-order valence-corrected chi connectivity index (χ4v) is 3.35. The average Bonchev–Trinajstić information content (AvgIpc) is 2.57. The highest BCUT2D eigenvalue weighted by atomic mass is 16.3. The van der Waals surface area contributed by atoms with Gasteiger partial charge >= 0.3 is 0 Å². The second-order valence-corrected chi connectivity index (χ2v) is 4.71. The monoisotopic (exact) mass is 190 g/mol. The van der Waals surface area contributed by atoms with Crippen LogP contribution in [0.3, 0.4) is 0 Å². The first-order valence-corrected chi connectivity index (χ1v) is 5.28. The summed E-state index contributed by atoms with van der Waals surface area (Å²) in [5.41, 5.74) is 0. The third kappa shape index (κ3) is 0.825. The number of Topliss-reactive ketones (excluding diaryl/α,β-unsaturated/α-hetero) is 1. The van der Waals surface area contributed by atoms with E-state index in [1.807, 2.05) is 25.2 Å². The van der Waals surface area contributed by atoms with E-state index in [1.54, 1.807) is 0 Å². The number of aliphatic hydroxyl groups is 1. The van der Waals surface area contributed by atoms with Crippen LogP contribution in [0.4, 0.5) is 0 Å². The molecule has 0 aromatic heterocycles. The van der Waals surface area contributed by atoms with Crippen LogP contribution in [-0.4, -0.2) is 17.0 Å². The zero-order valence-electron chi connectivity index (χ0n) is 8.13. The van der Waals surface area contributed by atoms with Crippen LogP contribution < -0.4 is 0 Å². The van der Waals surface area contributed by atoms with Gasteiger partial charge in [0.05, 0.1) is 6.10 Å². The summed E-state index contributed by atoms with van der Waals surface area (Å²) in [5.74, 6) is 1.27. The Labute approximate surface area is 83.3 Å². The minimum absolute atomic E-state index is 0.0356. The molecule has 2 nitrogen and oxygen atoms in total. The van der Waals surface area contributed by atoms with E-state index >= 15 is 0 Å². The van der Waals surface area contributed by atoms with E-state index < -0.39 is 0 Å². The zero-order chi connectivity index (χ0) is 9.87. The first-order valence-electron chi connectivity index (χ1n) is 5.28. The van der Waals surface area contributed by atoms with Crippen molar-refractivity contribution in [1.29, 1.82) is 0 Å². The minimum atomic E-state index is -0.340. The SMILES string of the molecule is CC1C(=O)C2C=CC1C1C(O)C=CC21. The third-order valence-corrected chi connectivity index (χ3v) is 4.12. The average molecular weight is 190 g/mol. The van der Waals surface area contributed by atoms with Crippen LogP contribution in [0.5, 0.6) is 0 Å². The maximum atomic E-state index is 11.9. The van der Waals surface area contributed by atoms with Gasteiger partial charge in [-0.15, -0.1) is 0 Å². The third-order valence-electron chi connectivity index (χ3n) is 4.12. The van der Waals surface area contributed by atoms with Gasteiger partial charge in [-0.05, 0) is 11.8 Å². The van der Waals surface area contributed by atoms with E-state index in [0.717, 1.165) is 0 Å². The Kier molecular flexibility index (Phi) is 1.55. The van der Waals surface area contributed by atoms with Crippen LogP contribution >= 0.6 is 0 Å². The topological polar surface area (TPSA) is 37.3 Å². The van der Waals surface area contributed by atoms with Crippen LogP contribution in [0.1, 0.15) is 6.92 Å². The molecule has 14 heavy (non-hydrogen) atoms. The highest BCUT2D eigenvalue weighted by Gasteiger charge is 2.52. The van der Waals surface area contributed by atoms with E-state index in [9.17, 15) is 9.90 Å². The number of allylic oxidation sites excluding steroid dienone is 3. The highest BCUT2D eigenvalue weighted by Crippen LogP contribution is 2.50. The van der Waals surface area contributed by atoms with Gasteiger partial charge in [-0.25, -0.2) is 0 Å². The van der Waals surface area contributed by atoms with Crippen molar-refractivity contribution in [2.75, 3.05) is 0 Å². The molecule has 0 aliphatic heterocycles. The smallest absolute Gasteiger partial charge is 0.143 e. The Balaban J connectivity index is 2.06. The van der Waals surface area contributed by atoms with Crippen molar-refractivity contribution < 1.29 is 9.90 Å². The van der Waals surface area contributed by atoms with Crippen LogP contribution in [0.15, 0.2) is 24.3 Å². The molecular weight excluding hydrogens is 176 g/mol. The Morgan fingerprint density at radius 2 is 1.86 bits per heavy atom. The molecule has 74 valence electrons. The van der Waals surface area contributed by atoms with Gasteiger partial charge < -0.3 is 5.11 Å². The van der Waals surface area contributed by atoms with Crippen molar-refractivity contribution in [2.45, 2.75) is 13.0 Å². The fourth-order valence-electron chi connectivity index (χ4n) is 3.35. The summed E-state index contributed by atoms with van der Waals surface area (Å²) >= 11 is 0. The molecule has 2 bridgehead atoms. The summed E-state index contributed by atoms with van der Waals surface area (Å²) in [5, 5.41) is 9.82. The van der Waals surface area contributed by atoms with Crippen molar-refractivity contribution in [3.8, 4) is 0 Å². The predicted molar refractivity (Wildman–Crippen MR) is 52.4 cm³/mol. The molecule has 0 saturated heterocycles. The van der Waals surface area contributed by atoms with Crippen molar-refractivity contribution >= 4 is 5.78 Å². The maximum Gasteiger partial charge on any atom is 0.143 e. The zero-order valence-corrected chi connectivity index (χ0v) is 8.13. The van der Waals surface area contributed by atoms with Crippen molar-refractivity contribution in [2.24, 2.45) is 29.6 Å². The molecule has 1 N–H and O–H groups in total. The predicted octanol–water partition coefficient (Wildman–Crippen LogP) is 1.17. The molecule has 4 aliphatic rings. The molecule has 0 amide bonds. The number of hydrogen-bond donors (Lipinski definition) is 1. The molecule has 0 spiro atoms.